The molecule has 0 radical (unpaired) electrons. The number of hydrogen-bond donors (Lipinski definition) is 2. The van der Waals surface area contributed by atoms with Crippen molar-refractivity contribution < 1.29 is 12.4 Å². The fourth-order valence-electron chi connectivity index (χ4n) is 1.84. The standard InChI is InChI=1S/C17H18N2O2S.2H2/c1-12(2)21-15-11-7-6-10-14(15)18-17(22)19-16(20)13-8-4-3-5-9-13;;/h3-12H,1-2H3,(H2,18,19,20,22);2*1H. The molecule has 0 saturated carbocycles. The molecular weight excluding hydrogens is 296 g/mol. The summed E-state index contributed by atoms with van der Waals surface area (Å²) in [5.74, 6) is 0.439. The van der Waals surface area contributed by atoms with E-state index in [-0.39, 0.29) is 20.0 Å². The zero-order chi connectivity index (χ0) is 15.9. The van der Waals surface area contributed by atoms with Crippen LogP contribution < -0.4 is 15.4 Å². The first kappa shape index (κ1) is 16.0. The molecule has 1 amide bonds. The lowest BCUT2D eigenvalue weighted by atomic mass is 10.2. The highest BCUT2D eigenvalue weighted by atomic mass is 32.1. The molecule has 0 heterocycles. The van der Waals surface area contributed by atoms with Crippen molar-refractivity contribution in [1.82, 2.24) is 5.32 Å². The summed E-state index contributed by atoms with van der Waals surface area (Å²) in [6, 6.07) is 16.4. The lowest BCUT2D eigenvalue weighted by molar-refractivity contribution is 0.0977. The van der Waals surface area contributed by atoms with Crippen molar-refractivity contribution in [3.05, 3.63) is 60.2 Å². The largest absolute Gasteiger partial charge is 0.489 e. The van der Waals surface area contributed by atoms with Gasteiger partial charge in [-0.15, -0.1) is 0 Å². The Hall–Kier alpha value is -2.40. The molecule has 5 heteroatoms. The van der Waals surface area contributed by atoms with Crippen LogP contribution in [-0.4, -0.2) is 17.1 Å². The smallest absolute Gasteiger partial charge is 0.257 e. The van der Waals surface area contributed by atoms with Gasteiger partial charge >= 0.3 is 0 Å². The molecule has 22 heavy (non-hydrogen) atoms. The number of amides is 1. The molecule has 0 spiro atoms. The third-order valence-corrected chi connectivity index (χ3v) is 2.97. The number of benzene rings is 2. The van der Waals surface area contributed by atoms with E-state index in [0.717, 1.165) is 5.69 Å². The number of ether oxygens (including phenoxy) is 1. The van der Waals surface area contributed by atoms with Crippen molar-refractivity contribution in [2.24, 2.45) is 0 Å². The average molecular weight is 318 g/mol. The molecule has 0 saturated heterocycles. The Morgan fingerprint density at radius 1 is 1.09 bits per heavy atom. The SMILES string of the molecule is CC(C)Oc1ccccc1NC(=S)NC(=O)c1ccccc1.[HH].[HH]. The molecule has 2 N–H and O–H groups in total. The molecular formula is C17H22N2O2S. The molecule has 0 bridgehead atoms. The van der Waals surface area contributed by atoms with Gasteiger partial charge in [0.15, 0.2) is 5.11 Å². The van der Waals surface area contributed by atoms with Crippen LogP contribution in [0.1, 0.15) is 27.1 Å². The topological polar surface area (TPSA) is 50.4 Å². The van der Waals surface area contributed by atoms with Crippen LogP contribution in [0.4, 0.5) is 5.69 Å². The van der Waals surface area contributed by atoms with Crippen LogP contribution in [0.15, 0.2) is 54.6 Å². The van der Waals surface area contributed by atoms with Gasteiger partial charge in [-0.25, -0.2) is 0 Å². The second-order valence-electron chi connectivity index (χ2n) is 4.94. The number of para-hydroxylation sites is 2. The lowest BCUT2D eigenvalue weighted by Gasteiger charge is -2.16. The van der Waals surface area contributed by atoms with E-state index in [1.54, 1.807) is 24.3 Å². The molecule has 0 aromatic heterocycles. The Morgan fingerprint density at radius 2 is 1.73 bits per heavy atom. The first-order chi connectivity index (χ1) is 10.6. The number of nitrogens with one attached hydrogen (secondary N) is 2. The van der Waals surface area contributed by atoms with Crippen molar-refractivity contribution in [1.29, 1.82) is 0 Å². The van der Waals surface area contributed by atoms with Gasteiger partial charge in [0.2, 0.25) is 0 Å². The zero-order valence-electron chi connectivity index (χ0n) is 12.5. The molecule has 2 aromatic carbocycles. The Balaban J connectivity index is 0.00000264. The van der Waals surface area contributed by atoms with Crippen molar-refractivity contribution in [3.63, 3.8) is 0 Å². The number of thiocarbonyl (C=S) groups is 1. The number of hydrogen-bond acceptors (Lipinski definition) is 3. The summed E-state index contributed by atoms with van der Waals surface area (Å²) in [7, 11) is 0. The van der Waals surface area contributed by atoms with Gasteiger partial charge in [0.1, 0.15) is 5.75 Å². The molecule has 0 unspecified atom stereocenters. The first-order valence-corrected chi connectivity index (χ1v) is 7.40. The van der Waals surface area contributed by atoms with Gasteiger partial charge in [0.05, 0.1) is 11.8 Å². The van der Waals surface area contributed by atoms with Gasteiger partial charge in [-0.2, -0.15) is 0 Å². The zero-order valence-corrected chi connectivity index (χ0v) is 13.3. The van der Waals surface area contributed by atoms with Crippen LogP contribution in [0.25, 0.3) is 0 Å². The van der Waals surface area contributed by atoms with Crippen molar-refractivity contribution in [3.8, 4) is 5.75 Å². The molecule has 0 atom stereocenters. The van der Waals surface area contributed by atoms with E-state index in [2.05, 4.69) is 10.6 Å². The summed E-state index contributed by atoms with van der Waals surface area (Å²) in [6.07, 6.45) is 0.0513. The minimum atomic E-state index is -0.250. The van der Waals surface area contributed by atoms with Crippen LogP contribution in [-0.2, 0) is 0 Å². The first-order valence-electron chi connectivity index (χ1n) is 6.99. The van der Waals surface area contributed by atoms with E-state index in [4.69, 9.17) is 17.0 Å². The van der Waals surface area contributed by atoms with Gasteiger partial charge in [-0.3, -0.25) is 10.1 Å². The fourth-order valence-corrected chi connectivity index (χ4v) is 2.05. The summed E-state index contributed by atoms with van der Waals surface area (Å²) >= 11 is 5.19. The number of rotatable bonds is 4. The Kier molecular flexibility index (Phi) is 5.49. The molecule has 2 aromatic rings. The Bertz CT molecular complexity index is 667. The lowest BCUT2D eigenvalue weighted by Crippen LogP contribution is -2.34. The molecule has 0 aliphatic carbocycles. The van der Waals surface area contributed by atoms with Gasteiger partial charge in [-0.1, -0.05) is 30.3 Å². The Labute approximate surface area is 138 Å². The van der Waals surface area contributed by atoms with Gasteiger partial charge in [0.25, 0.3) is 5.91 Å². The van der Waals surface area contributed by atoms with Crippen molar-refractivity contribution in [2.75, 3.05) is 5.32 Å². The second-order valence-corrected chi connectivity index (χ2v) is 5.35. The van der Waals surface area contributed by atoms with Crippen LogP contribution >= 0.6 is 12.2 Å². The van der Waals surface area contributed by atoms with Gasteiger partial charge in [-0.05, 0) is 50.3 Å². The summed E-state index contributed by atoms with van der Waals surface area (Å²) in [5, 5.41) is 5.87. The summed E-state index contributed by atoms with van der Waals surface area (Å²) in [4.78, 5) is 12.0. The van der Waals surface area contributed by atoms with E-state index in [0.29, 0.717) is 11.3 Å². The van der Waals surface area contributed by atoms with E-state index in [1.807, 2.05) is 44.2 Å². The van der Waals surface area contributed by atoms with E-state index in [9.17, 15) is 4.79 Å². The van der Waals surface area contributed by atoms with Crippen LogP contribution in [0, 0.1) is 0 Å². The summed E-state index contributed by atoms with van der Waals surface area (Å²) < 4.78 is 5.70. The van der Waals surface area contributed by atoms with Crippen molar-refractivity contribution in [2.45, 2.75) is 20.0 Å². The maximum Gasteiger partial charge on any atom is 0.257 e. The van der Waals surface area contributed by atoms with E-state index >= 15 is 0 Å². The van der Waals surface area contributed by atoms with Crippen LogP contribution in [0.3, 0.4) is 0 Å². The molecule has 2 rings (SSSR count). The highest BCUT2D eigenvalue weighted by Gasteiger charge is 2.10. The van der Waals surface area contributed by atoms with Crippen molar-refractivity contribution >= 4 is 28.9 Å². The highest BCUT2D eigenvalue weighted by molar-refractivity contribution is 7.80. The summed E-state index contributed by atoms with van der Waals surface area (Å²) in [5.41, 5.74) is 1.27. The summed E-state index contributed by atoms with van der Waals surface area (Å²) in [6.45, 7) is 3.90. The third-order valence-electron chi connectivity index (χ3n) is 2.76. The predicted molar refractivity (Wildman–Crippen MR) is 96.6 cm³/mol. The van der Waals surface area contributed by atoms with Crippen LogP contribution in [0.2, 0.25) is 0 Å². The number of anilines is 1. The quantitative estimate of drug-likeness (QED) is 0.834. The minimum Gasteiger partial charge on any atom is -0.489 e. The van der Waals surface area contributed by atoms with E-state index in [1.165, 1.54) is 0 Å². The number of carbonyl (C=O) groups is 1. The Morgan fingerprint density at radius 3 is 2.41 bits per heavy atom. The molecule has 4 nitrogen and oxygen atoms in total. The average Bonchev–Trinajstić information content (AvgIpc) is 2.49. The van der Waals surface area contributed by atoms with Crippen LogP contribution in [0.5, 0.6) is 5.75 Å². The van der Waals surface area contributed by atoms with Gasteiger partial charge in [0, 0.05) is 8.42 Å². The maximum atomic E-state index is 12.0. The predicted octanol–water partition coefficient (Wildman–Crippen LogP) is 4.09. The second kappa shape index (κ2) is 7.56. The molecule has 0 aliphatic rings. The molecule has 0 aliphatic heterocycles. The molecule has 118 valence electrons. The molecule has 0 fully saturated rings. The number of carbonyl (C=O) groups excluding carboxylic acids is 1. The third kappa shape index (κ3) is 4.56. The highest BCUT2D eigenvalue weighted by Crippen LogP contribution is 2.24. The maximum absolute atomic E-state index is 12.0. The fraction of sp³-hybridized carbons (Fsp3) is 0.176. The van der Waals surface area contributed by atoms with Gasteiger partial charge < -0.3 is 10.1 Å². The monoisotopic (exact) mass is 318 g/mol. The minimum absolute atomic E-state index is 0. The van der Waals surface area contributed by atoms with E-state index < -0.39 is 0 Å². The normalized spacial score (nSPS) is 10.1.